The van der Waals surface area contributed by atoms with Crippen LogP contribution in [-0.2, 0) is 4.79 Å². The van der Waals surface area contributed by atoms with Crippen molar-refractivity contribution in [3.8, 4) is 0 Å². The first-order chi connectivity index (χ1) is 8.88. The van der Waals surface area contributed by atoms with Gasteiger partial charge in [-0.3, -0.25) is 14.5 Å². The largest absolute Gasteiger partial charge is 0.369 e. The van der Waals surface area contributed by atoms with Crippen LogP contribution in [0.1, 0.15) is 24.2 Å². The first-order valence-electron chi connectivity index (χ1n) is 6.18. The summed E-state index contributed by atoms with van der Waals surface area (Å²) in [7, 11) is 0. The van der Waals surface area contributed by atoms with Gasteiger partial charge in [0.15, 0.2) is 5.78 Å². The van der Waals surface area contributed by atoms with Gasteiger partial charge in [-0.2, -0.15) is 0 Å². The minimum absolute atomic E-state index is 0.0467. The predicted octanol–water partition coefficient (Wildman–Crippen LogP) is 1.45. The predicted molar refractivity (Wildman–Crippen MR) is 71.2 cm³/mol. The number of primary amides is 1. The van der Waals surface area contributed by atoms with Crippen molar-refractivity contribution in [2.24, 2.45) is 11.7 Å². The highest BCUT2D eigenvalue weighted by Gasteiger charge is 2.15. The Kier molecular flexibility index (Phi) is 5.63. The van der Waals surface area contributed by atoms with Gasteiger partial charge in [0.05, 0.1) is 13.1 Å². The van der Waals surface area contributed by atoms with E-state index in [2.05, 4.69) is 0 Å². The number of nitrogens with zero attached hydrogens (tertiary/aromatic N) is 1. The number of amides is 1. The fourth-order valence-electron chi connectivity index (χ4n) is 1.85. The fourth-order valence-corrected chi connectivity index (χ4v) is 1.85. The van der Waals surface area contributed by atoms with Crippen molar-refractivity contribution < 1.29 is 14.0 Å². The van der Waals surface area contributed by atoms with E-state index in [-0.39, 0.29) is 24.7 Å². The summed E-state index contributed by atoms with van der Waals surface area (Å²) in [6.07, 6.45) is 0. The molecular formula is C14H19FN2O2. The third-order valence-electron chi connectivity index (χ3n) is 2.54. The highest BCUT2D eigenvalue weighted by atomic mass is 19.1. The second-order valence-electron chi connectivity index (χ2n) is 4.96. The molecule has 0 unspecified atom stereocenters. The maximum atomic E-state index is 12.8. The van der Waals surface area contributed by atoms with E-state index < -0.39 is 5.91 Å². The van der Waals surface area contributed by atoms with Crippen molar-refractivity contribution in [1.82, 2.24) is 4.90 Å². The standard InChI is InChI=1S/C14H19FN2O2/c1-10(2)7-17(9-14(16)19)8-13(18)11-3-5-12(15)6-4-11/h3-6,10H,7-9H2,1-2H3,(H2,16,19). The summed E-state index contributed by atoms with van der Waals surface area (Å²) in [6.45, 7) is 4.75. The minimum atomic E-state index is -0.465. The van der Waals surface area contributed by atoms with E-state index in [0.717, 1.165) is 0 Å². The van der Waals surface area contributed by atoms with E-state index in [1.54, 1.807) is 4.90 Å². The second kappa shape index (κ2) is 6.99. The molecule has 0 aromatic heterocycles. The quantitative estimate of drug-likeness (QED) is 0.760. The molecule has 1 amide bonds. The summed E-state index contributed by atoms with van der Waals surface area (Å²) in [5.41, 5.74) is 5.59. The topological polar surface area (TPSA) is 63.4 Å². The van der Waals surface area contributed by atoms with Gasteiger partial charge in [0.25, 0.3) is 0 Å². The number of hydrogen-bond acceptors (Lipinski definition) is 3. The molecule has 0 aliphatic rings. The van der Waals surface area contributed by atoms with Crippen LogP contribution >= 0.6 is 0 Å². The van der Waals surface area contributed by atoms with Crippen LogP contribution in [0.15, 0.2) is 24.3 Å². The molecule has 2 N–H and O–H groups in total. The number of Topliss-reactive ketones (excluding diaryl/α,β-unsaturated/α-hetero) is 1. The third kappa shape index (κ3) is 5.61. The van der Waals surface area contributed by atoms with Gasteiger partial charge in [0.1, 0.15) is 5.82 Å². The molecule has 0 saturated heterocycles. The van der Waals surface area contributed by atoms with Crippen molar-refractivity contribution >= 4 is 11.7 Å². The molecular weight excluding hydrogens is 247 g/mol. The highest BCUT2D eigenvalue weighted by Crippen LogP contribution is 2.06. The molecule has 1 rings (SSSR count). The van der Waals surface area contributed by atoms with Crippen molar-refractivity contribution in [2.45, 2.75) is 13.8 Å². The van der Waals surface area contributed by atoms with Crippen LogP contribution in [0.4, 0.5) is 4.39 Å². The van der Waals surface area contributed by atoms with E-state index in [0.29, 0.717) is 18.0 Å². The van der Waals surface area contributed by atoms with Crippen LogP contribution in [-0.4, -0.2) is 36.2 Å². The maximum Gasteiger partial charge on any atom is 0.231 e. The Hall–Kier alpha value is -1.75. The molecule has 0 atom stereocenters. The Morgan fingerprint density at radius 2 is 1.79 bits per heavy atom. The van der Waals surface area contributed by atoms with Crippen LogP contribution in [0.3, 0.4) is 0 Å². The maximum absolute atomic E-state index is 12.8. The Morgan fingerprint density at radius 1 is 1.21 bits per heavy atom. The van der Waals surface area contributed by atoms with E-state index in [1.807, 2.05) is 13.8 Å². The molecule has 19 heavy (non-hydrogen) atoms. The fraction of sp³-hybridized carbons (Fsp3) is 0.429. The summed E-state index contributed by atoms with van der Waals surface area (Å²) in [5.74, 6) is -0.678. The van der Waals surface area contributed by atoms with Crippen molar-refractivity contribution in [3.63, 3.8) is 0 Å². The number of carbonyl (C=O) groups is 2. The molecule has 0 aliphatic carbocycles. The van der Waals surface area contributed by atoms with E-state index in [4.69, 9.17) is 5.73 Å². The monoisotopic (exact) mass is 266 g/mol. The molecule has 1 aromatic rings. The van der Waals surface area contributed by atoms with E-state index >= 15 is 0 Å². The molecule has 0 heterocycles. The molecule has 0 fully saturated rings. The number of benzene rings is 1. The lowest BCUT2D eigenvalue weighted by Crippen LogP contribution is -2.39. The van der Waals surface area contributed by atoms with Gasteiger partial charge < -0.3 is 5.73 Å². The lowest BCUT2D eigenvalue weighted by atomic mass is 10.1. The summed E-state index contributed by atoms with van der Waals surface area (Å²) in [5, 5.41) is 0. The van der Waals surface area contributed by atoms with Crippen molar-refractivity contribution in [2.75, 3.05) is 19.6 Å². The zero-order valence-electron chi connectivity index (χ0n) is 11.2. The lowest BCUT2D eigenvalue weighted by molar-refractivity contribution is -0.119. The molecule has 5 heteroatoms. The van der Waals surface area contributed by atoms with Crippen LogP contribution < -0.4 is 5.73 Å². The summed E-state index contributed by atoms with van der Waals surface area (Å²) < 4.78 is 12.8. The van der Waals surface area contributed by atoms with Gasteiger partial charge in [-0.15, -0.1) is 0 Å². The zero-order chi connectivity index (χ0) is 14.4. The van der Waals surface area contributed by atoms with Crippen LogP contribution in [0.2, 0.25) is 0 Å². The highest BCUT2D eigenvalue weighted by molar-refractivity contribution is 5.97. The summed E-state index contributed by atoms with van der Waals surface area (Å²) in [4.78, 5) is 24.7. The molecule has 0 spiro atoms. The minimum Gasteiger partial charge on any atom is -0.369 e. The molecule has 1 aromatic carbocycles. The van der Waals surface area contributed by atoms with E-state index in [1.165, 1.54) is 24.3 Å². The molecule has 0 radical (unpaired) electrons. The van der Waals surface area contributed by atoms with Crippen LogP contribution in [0, 0.1) is 11.7 Å². The first-order valence-corrected chi connectivity index (χ1v) is 6.18. The number of ketones is 1. The molecule has 104 valence electrons. The van der Waals surface area contributed by atoms with Gasteiger partial charge in [0.2, 0.25) is 5.91 Å². The molecule has 0 saturated carbocycles. The number of rotatable bonds is 7. The van der Waals surface area contributed by atoms with E-state index in [9.17, 15) is 14.0 Å². The molecule has 0 bridgehead atoms. The normalized spacial score (nSPS) is 11.0. The lowest BCUT2D eigenvalue weighted by Gasteiger charge is -2.21. The third-order valence-corrected chi connectivity index (χ3v) is 2.54. The van der Waals surface area contributed by atoms with Gasteiger partial charge in [-0.25, -0.2) is 4.39 Å². The van der Waals surface area contributed by atoms with Gasteiger partial charge in [0, 0.05) is 12.1 Å². The average Bonchev–Trinajstić information content (AvgIpc) is 2.27. The Bertz CT molecular complexity index is 443. The number of carbonyl (C=O) groups excluding carboxylic acids is 2. The molecule has 0 aliphatic heterocycles. The zero-order valence-corrected chi connectivity index (χ0v) is 11.2. The smallest absolute Gasteiger partial charge is 0.231 e. The Balaban J connectivity index is 2.69. The number of hydrogen-bond donors (Lipinski definition) is 1. The van der Waals surface area contributed by atoms with Crippen LogP contribution in [0.25, 0.3) is 0 Å². The van der Waals surface area contributed by atoms with Gasteiger partial charge in [-0.05, 0) is 30.2 Å². The van der Waals surface area contributed by atoms with Gasteiger partial charge in [-0.1, -0.05) is 13.8 Å². The van der Waals surface area contributed by atoms with Crippen molar-refractivity contribution in [3.05, 3.63) is 35.6 Å². The van der Waals surface area contributed by atoms with Gasteiger partial charge >= 0.3 is 0 Å². The summed E-state index contributed by atoms with van der Waals surface area (Å²) >= 11 is 0. The number of halogens is 1. The number of nitrogens with two attached hydrogens (primary N) is 1. The SMILES string of the molecule is CC(C)CN(CC(N)=O)CC(=O)c1ccc(F)cc1. The first kappa shape index (κ1) is 15.3. The Labute approximate surface area is 112 Å². The summed E-state index contributed by atoms with van der Waals surface area (Å²) in [6, 6.07) is 5.37. The average molecular weight is 266 g/mol. The molecule has 4 nitrogen and oxygen atoms in total. The van der Waals surface area contributed by atoms with Crippen LogP contribution in [0.5, 0.6) is 0 Å². The second-order valence-corrected chi connectivity index (χ2v) is 4.96. The van der Waals surface area contributed by atoms with Crippen molar-refractivity contribution in [1.29, 1.82) is 0 Å². The Morgan fingerprint density at radius 3 is 2.26 bits per heavy atom.